The first-order chi connectivity index (χ1) is 11.6. The van der Waals surface area contributed by atoms with Crippen LogP contribution in [0.3, 0.4) is 0 Å². The van der Waals surface area contributed by atoms with E-state index in [1.165, 1.54) is 23.6 Å². The average molecular weight is 342 g/mol. The molecule has 0 radical (unpaired) electrons. The first-order valence-electron chi connectivity index (χ1n) is 7.22. The van der Waals surface area contributed by atoms with Gasteiger partial charge >= 0.3 is 5.69 Å². The number of hydrogen-bond acceptors (Lipinski definition) is 5. The van der Waals surface area contributed by atoms with Gasteiger partial charge in [0.1, 0.15) is 5.65 Å². The van der Waals surface area contributed by atoms with Crippen molar-refractivity contribution in [2.24, 2.45) is 0 Å². The van der Waals surface area contributed by atoms with E-state index in [-0.39, 0.29) is 24.6 Å². The van der Waals surface area contributed by atoms with E-state index in [4.69, 9.17) is 0 Å². The van der Waals surface area contributed by atoms with E-state index in [1.807, 2.05) is 17.5 Å². The topological polar surface area (TPSA) is 96.8 Å². The fourth-order valence-electron chi connectivity index (χ4n) is 2.18. The van der Waals surface area contributed by atoms with Crippen molar-refractivity contribution in [1.82, 2.24) is 19.9 Å². The number of hydrogen-bond donors (Lipinski definition) is 2. The fraction of sp³-hybridized carbons (Fsp3) is 0.125. The molecular formula is C16H14N4O3S. The summed E-state index contributed by atoms with van der Waals surface area (Å²) in [5.41, 5.74) is -0.716. The Morgan fingerprint density at radius 2 is 2.21 bits per heavy atom. The molecule has 0 aromatic carbocycles. The Morgan fingerprint density at radius 1 is 1.33 bits per heavy atom. The molecule has 7 nitrogen and oxygen atoms in total. The number of amides is 1. The third-order valence-corrected chi connectivity index (χ3v) is 4.17. The second kappa shape index (κ2) is 7.05. The van der Waals surface area contributed by atoms with E-state index in [0.717, 1.165) is 9.44 Å². The minimum Gasteiger partial charge on any atom is -0.351 e. The Morgan fingerprint density at radius 3 is 3.00 bits per heavy atom. The van der Waals surface area contributed by atoms with Crippen LogP contribution < -0.4 is 16.6 Å². The maximum Gasteiger partial charge on any atom is 0.330 e. The molecule has 0 atom stereocenters. The zero-order valence-electron chi connectivity index (χ0n) is 12.6. The van der Waals surface area contributed by atoms with Crippen LogP contribution in [-0.2, 0) is 11.3 Å². The summed E-state index contributed by atoms with van der Waals surface area (Å²) in [6.45, 7) is 0.250. The molecule has 8 heteroatoms. The standard InChI is InChI=1S/C16H14N4O3S/c21-13(6-5-11-3-2-10-24-11)17-8-9-20-15(22)12-4-1-7-18-14(12)19-16(20)23/h1-7,10H,8-9H2,(H,17,21)(H,18,19,23)/b6-5-. The monoisotopic (exact) mass is 342 g/mol. The van der Waals surface area contributed by atoms with Gasteiger partial charge in [-0.15, -0.1) is 11.3 Å². The number of nitrogens with one attached hydrogen (secondary N) is 2. The van der Waals surface area contributed by atoms with E-state index in [2.05, 4.69) is 15.3 Å². The van der Waals surface area contributed by atoms with Crippen LogP contribution in [0.4, 0.5) is 0 Å². The molecule has 0 saturated carbocycles. The summed E-state index contributed by atoms with van der Waals surface area (Å²) in [6.07, 6.45) is 4.63. The van der Waals surface area contributed by atoms with Crippen LogP contribution in [0.2, 0.25) is 0 Å². The van der Waals surface area contributed by atoms with Gasteiger partial charge in [0.25, 0.3) is 5.56 Å². The quantitative estimate of drug-likeness (QED) is 0.675. The summed E-state index contributed by atoms with van der Waals surface area (Å²) in [5.74, 6) is -0.282. The van der Waals surface area contributed by atoms with Gasteiger partial charge in [-0.3, -0.25) is 19.1 Å². The van der Waals surface area contributed by atoms with Crippen LogP contribution in [0.1, 0.15) is 4.88 Å². The Balaban J connectivity index is 1.67. The Labute approximate surface area is 140 Å². The molecule has 0 unspecified atom stereocenters. The van der Waals surface area contributed by atoms with Crippen LogP contribution >= 0.6 is 11.3 Å². The number of carbonyl (C=O) groups excluding carboxylic acids is 1. The molecule has 0 bridgehead atoms. The molecule has 0 aliphatic heterocycles. The molecule has 3 rings (SSSR count). The van der Waals surface area contributed by atoms with Crippen molar-refractivity contribution in [1.29, 1.82) is 0 Å². The van der Waals surface area contributed by atoms with Crippen LogP contribution in [0, 0.1) is 0 Å². The average Bonchev–Trinajstić information content (AvgIpc) is 3.09. The molecule has 0 spiro atoms. The number of nitrogens with zero attached hydrogens (tertiary/aromatic N) is 2. The number of carbonyl (C=O) groups is 1. The molecule has 0 fully saturated rings. The molecule has 24 heavy (non-hydrogen) atoms. The van der Waals surface area contributed by atoms with E-state index < -0.39 is 11.2 Å². The van der Waals surface area contributed by atoms with Crippen molar-refractivity contribution in [2.45, 2.75) is 6.54 Å². The van der Waals surface area contributed by atoms with Crippen molar-refractivity contribution in [3.8, 4) is 0 Å². The lowest BCUT2D eigenvalue weighted by Gasteiger charge is -2.06. The largest absolute Gasteiger partial charge is 0.351 e. The molecule has 0 aliphatic carbocycles. The van der Waals surface area contributed by atoms with Gasteiger partial charge in [-0.2, -0.15) is 0 Å². The molecule has 3 aromatic rings. The minimum atomic E-state index is -0.547. The smallest absolute Gasteiger partial charge is 0.330 e. The lowest BCUT2D eigenvalue weighted by molar-refractivity contribution is -0.116. The maximum absolute atomic E-state index is 12.3. The van der Waals surface area contributed by atoms with E-state index in [1.54, 1.807) is 18.2 Å². The van der Waals surface area contributed by atoms with Crippen LogP contribution in [0.5, 0.6) is 0 Å². The fourth-order valence-corrected chi connectivity index (χ4v) is 2.80. The van der Waals surface area contributed by atoms with Gasteiger partial charge in [-0.05, 0) is 29.7 Å². The highest BCUT2D eigenvalue weighted by molar-refractivity contribution is 7.10. The number of pyridine rings is 1. The second-order valence-corrected chi connectivity index (χ2v) is 5.91. The number of rotatable bonds is 5. The highest BCUT2D eigenvalue weighted by atomic mass is 32.1. The lowest BCUT2D eigenvalue weighted by Crippen LogP contribution is -2.39. The Hall–Kier alpha value is -3.00. The van der Waals surface area contributed by atoms with Crippen LogP contribution in [0.15, 0.2) is 51.5 Å². The Kier molecular flexibility index (Phi) is 4.66. The SMILES string of the molecule is O=C(/C=C\c1cccs1)NCCn1c(=O)[nH]c2ncccc2c1=O. The normalized spacial score (nSPS) is 11.2. The molecule has 3 heterocycles. The number of fused-ring (bicyclic) bond motifs is 1. The predicted molar refractivity (Wildman–Crippen MR) is 93.0 cm³/mol. The molecule has 0 aliphatic rings. The number of H-pyrrole nitrogens is 1. The van der Waals surface area contributed by atoms with Crippen molar-refractivity contribution in [3.05, 3.63) is 67.6 Å². The number of aromatic amines is 1. The van der Waals surface area contributed by atoms with E-state index in [9.17, 15) is 14.4 Å². The summed E-state index contributed by atoms with van der Waals surface area (Å²) in [6, 6.07) is 7.02. The third-order valence-electron chi connectivity index (χ3n) is 3.33. The first kappa shape index (κ1) is 15.9. The number of thiophene rings is 1. The van der Waals surface area contributed by atoms with Gasteiger partial charge in [-0.25, -0.2) is 9.78 Å². The molecule has 1 amide bonds. The first-order valence-corrected chi connectivity index (χ1v) is 8.10. The van der Waals surface area contributed by atoms with Gasteiger partial charge in [0, 0.05) is 30.2 Å². The van der Waals surface area contributed by atoms with Crippen molar-refractivity contribution >= 4 is 34.4 Å². The minimum absolute atomic E-state index is 0.0809. The molecule has 2 N–H and O–H groups in total. The highest BCUT2D eigenvalue weighted by Gasteiger charge is 2.07. The highest BCUT2D eigenvalue weighted by Crippen LogP contribution is 2.09. The van der Waals surface area contributed by atoms with Crippen molar-refractivity contribution < 1.29 is 4.79 Å². The van der Waals surface area contributed by atoms with Gasteiger partial charge in [-0.1, -0.05) is 6.07 Å². The summed E-state index contributed by atoms with van der Waals surface area (Å²) in [4.78, 5) is 43.4. The zero-order chi connectivity index (χ0) is 16.9. The second-order valence-electron chi connectivity index (χ2n) is 4.93. The summed E-state index contributed by atoms with van der Waals surface area (Å²) >= 11 is 1.53. The third kappa shape index (κ3) is 3.49. The molecule has 0 saturated heterocycles. The summed E-state index contributed by atoms with van der Waals surface area (Å²) in [7, 11) is 0. The Bertz CT molecular complexity index is 1000. The van der Waals surface area contributed by atoms with Crippen LogP contribution in [0.25, 0.3) is 17.1 Å². The van der Waals surface area contributed by atoms with E-state index in [0.29, 0.717) is 5.39 Å². The van der Waals surface area contributed by atoms with Gasteiger partial charge in [0.15, 0.2) is 0 Å². The van der Waals surface area contributed by atoms with Gasteiger partial charge in [0.05, 0.1) is 5.39 Å². The maximum atomic E-state index is 12.3. The molecule has 122 valence electrons. The van der Waals surface area contributed by atoms with Crippen molar-refractivity contribution in [3.63, 3.8) is 0 Å². The van der Waals surface area contributed by atoms with Gasteiger partial charge in [0.2, 0.25) is 5.91 Å². The summed E-state index contributed by atoms with van der Waals surface area (Å²) in [5, 5.41) is 4.90. The molecule has 3 aromatic heterocycles. The summed E-state index contributed by atoms with van der Waals surface area (Å²) < 4.78 is 1.05. The molecular weight excluding hydrogens is 328 g/mol. The van der Waals surface area contributed by atoms with E-state index >= 15 is 0 Å². The van der Waals surface area contributed by atoms with Crippen molar-refractivity contribution in [2.75, 3.05) is 6.54 Å². The van der Waals surface area contributed by atoms with Crippen LogP contribution in [-0.4, -0.2) is 27.0 Å². The zero-order valence-corrected chi connectivity index (χ0v) is 13.4. The lowest BCUT2D eigenvalue weighted by atomic mass is 10.3. The number of aromatic nitrogens is 3. The predicted octanol–water partition coefficient (Wildman–Crippen LogP) is 0.976. The van der Waals surface area contributed by atoms with Gasteiger partial charge < -0.3 is 5.32 Å².